The van der Waals surface area contributed by atoms with E-state index in [0.717, 1.165) is 11.3 Å². The maximum Gasteiger partial charge on any atom is 0.254 e. The molecule has 0 bridgehead atoms. The lowest BCUT2D eigenvalue weighted by Crippen LogP contribution is -2.46. The number of aryl methyl sites for hydroxylation is 1. The Hall–Kier alpha value is -2.76. The molecule has 0 aliphatic heterocycles. The third-order valence-corrected chi connectivity index (χ3v) is 6.60. The van der Waals surface area contributed by atoms with Crippen molar-refractivity contribution in [2.75, 3.05) is 13.1 Å². The molecular formula is C27H30Cl2N2O3. The fourth-order valence-corrected chi connectivity index (χ4v) is 3.95. The highest BCUT2D eigenvalue weighted by Gasteiger charge is 2.26. The molecular weight excluding hydrogens is 471 g/mol. The molecule has 0 saturated carbocycles. The minimum Gasteiger partial charge on any atom is -0.464 e. The highest BCUT2D eigenvalue weighted by atomic mass is 35.5. The molecule has 1 aromatic heterocycles. The fraction of sp³-hybridized carbons (Fsp3) is 0.333. The summed E-state index contributed by atoms with van der Waals surface area (Å²) in [5.74, 6) is 1.11. The van der Waals surface area contributed by atoms with E-state index in [1.807, 2.05) is 63.2 Å². The second kappa shape index (κ2) is 12.1. The van der Waals surface area contributed by atoms with E-state index in [4.69, 9.17) is 27.6 Å². The van der Waals surface area contributed by atoms with Crippen molar-refractivity contribution in [1.29, 1.82) is 0 Å². The smallest absolute Gasteiger partial charge is 0.254 e. The van der Waals surface area contributed by atoms with Crippen molar-refractivity contribution in [3.63, 3.8) is 0 Å². The summed E-state index contributed by atoms with van der Waals surface area (Å²) < 4.78 is 5.73. The molecule has 2 aromatic carbocycles. The Morgan fingerprint density at radius 2 is 1.74 bits per heavy atom. The van der Waals surface area contributed by atoms with Crippen LogP contribution in [0.4, 0.5) is 0 Å². The maximum absolute atomic E-state index is 13.5. The molecule has 0 fully saturated rings. The minimum atomic E-state index is -0.252. The van der Waals surface area contributed by atoms with Crippen LogP contribution < -0.4 is 0 Å². The number of hydrogen-bond acceptors (Lipinski definition) is 3. The molecule has 0 aliphatic carbocycles. The number of nitrogens with zero attached hydrogens (tertiary/aromatic N) is 2. The highest BCUT2D eigenvalue weighted by Crippen LogP contribution is 2.24. The van der Waals surface area contributed by atoms with Gasteiger partial charge in [-0.25, -0.2) is 0 Å². The second-order valence-corrected chi connectivity index (χ2v) is 9.20. The summed E-state index contributed by atoms with van der Waals surface area (Å²) in [5.41, 5.74) is 1.54. The standard InChI is InChI=1S/C27H30Cl2N2O3/c1-4-19(2)31(27(33)22-11-13-24(28)25(29)16-22)18-26(32)30(17-23-12-10-20(3)34-23)15-14-21-8-6-5-7-9-21/h5-13,16,19H,4,14-15,17-18H2,1-3H3. The Labute approximate surface area is 211 Å². The molecule has 0 radical (unpaired) electrons. The largest absolute Gasteiger partial charge is 0.464 e. The summed E-state index contributed by atoms with van der Waals surface area (Å²) in [4.78, 5) is 30.2. The first kappa shape index (κ1) is 25.9. The first-order valence-corrected chi connectivity index (χ1v) is 12.2. The Morgan fingerprint density at radius 1 is 1.00 bits per heavy atom. The van der Waals surface area contributed by atoms with Gasteiger partial charge in [0.2, 0.25) is 5.91 Å². The molecule has 0 N–H and O–H groups in total. The monoisotopic (exact) mass is 500 g/mol. The summed E-state index contributed by atoms with van der Waals surface area (Å²) >= 11 is 12.2. The molecule has 5 nitrogen and oxygen atoms in total. The van der Waals surface area contributed by atoms with Crippen molar-refractivity contribution in [3.05, 3.63) is 93.4 Å². The summed E-state index contributed by atoms with van der Waals surface area (Å²) in [6.07, 6.45) is 1.41. The SMILES string of the molecule is CCC(C)N(CC(=O)N(CCc1ccccc1)Cc1ccc(C)o1)C(=O)c1ccc(Cl)c(Cl)c1. The zero-order valence-corrected chi connectivity index (χ0v) is 21.3. The van der Waals surface area contributed by atoms with Crippen LogP contribution in [0.5, 0.6) is 0 Å². The molecule has 3 rings (SSSR count). The summed E-state index contributed by atoms with van der Waals surface area (Å²) in [5, 5.41) is 0.686. The normalized spacial score (nSPS) is 11.8. The van der Waals surface area contributed by atoms with E-state index in [9.17, 15) is 9.59 Å². The van der Waals surface area contributed by atoms with E-state index >= 15 is 0 Å². The highest BCUT2D eigenvalue weighted by molar-refractivity contribution is 6.42. The number of hydrogen-bond donors (Lipinski definition) is 0. The van der Waals surface area contributed by atoms with Gasteiger partial charge in [-0.3, -0.25) is 9.59 Å². The number of rotatable bonds is 10. The van der Waals surface area contributed by atoms with Crippen LogP contribution >= 0.6 is 23.2 Å². The third kappa shape index (κ3) is 6.87. The quantitative estimate of drug-likeness (QED) is 0.323. The maximum atomic E-state index is 13.5. The van der Waals surface area contributed by atoms with Crippen molar-refractivity contribution >= 4 is 35.0 Å². The molecule has 1 heterocycles. The van der Waals surface area contributed by atoms with E-state index < -0.39 is 0 Å². The lowest BCUT2D eigenvalue weighted by Gasteiger charge is -2.31. The van der Waals surface area contributed by atoms with Crippen LogP contribution in [0.3, 0.4) is 0 Å². The van der Waals surface area contributed by atoms with Crippen molar-refractivity contribution < 1.29 is 14.0 Å². The molecule has 0 spiro atoms. The van der Waals surface area contributed by atoms with Gasteiger partial charge >= 0.3 is 0 Å². The van der Waals surface area contributed by atoms with Crippen molar-refractivity contribution in [2.24, 2.45) is 0 Å². The third-order valence-electron chi connectivity index (χ3n) is 5.86. The molecule has 1 atom stereocenters. The molecule has 2 amide bonds. The average Bonchev–Trinajstić information content (AvgIpc) is 3.26. The van der Waals surface area contributed by atoms with Crippen LogP contribution in [0.1, 0.15) is 47.7 Å². The van der Waals surface area contributed by atoms with Crippen LogP contribution in [0.25, 0.3) is 0 Å². The van der Waals surface area contributed by atoms with Crippen LogP contribution in [-0.4, -0.2) is 40.7 Å². The predicted octanol–water partition coefficient (Wildman–Crippen LogP) is 6.41. The summed E-state index contributed by atoms with van der Waals surface area (Å²) in [7, 11) is 0. The lowest BCUT2D eigenvalue weighted by atomic mass is 10.1. The van der Waals surface area contributed by atoms with Gasteiger partial charge in [0, 0.05) is 18.2 Å². The van der Waals surface area contributed by atoms with Gasteiger partial charge in [0.05, 0.1) is 16.6 Å². The molecule has 0 aliphatic rings. The average molecular weight is 501 g/mol. The van der Waals surface area contributed by atoms with Gasteiger partial charge in [-0.05, 0) is 62.6 Å². The van der Waals surface area contributed by atoms with Crippen molar-refractivity contribution in [3.8, 4) is 0 Å². The molecule has 180 valence electrons. The molecule has 3 aromatic rings. The zero-order valence-electron chi connectivity index (χ0n) is 19.8. The minimum absolute atomic E-state index is 0.0391. The van der Waals surface area contributed by atoms with Gasteiger partial charge < -0.3 is 14.2 Å². The van der Waals surface area contributed by atoms with E-state index in [1.165, 1.54) is 0 Å². The van der Waals surface area contributed by atoms with Gasteiger partial charge in [-0.15, -0.1) is 0 Å². The van der Waals surface area contributed by atoms with Crippen LogP contribution in [0.15, 0.2) is 65.1 Å². The van der Waals surface area contributed by atoms with Gasteiger partial charge in [-0.2, -0.15) is 0 Å². The van der Waals surface area contributed by atoms with E-state index in [0.29, 0.717) is 47.3 Å². The lowest BCUT2D eigenvalue weighted by molar-refractivity contribution is -0.133. The second-order valence-electron chi connectivity index (χ2n) is 8.38. The molecule has 7 heteroatoms. The number of furan rings is 1. The number of benzene rings is 2. The molecule has 1 unspecified atom stereocenters. The van der Waals surface area contributed by atoms with E-state index in [2.05, 4.69) is 0 Å². The molecule has 0 saturated heterocycles. The summed E-state index contributed by atoms with van der Waals surface area (Å²) in [6.45, 7) is 6.62. The first-order valence-electron chi connectivity index (χ1n) is 11.4. The van der Waals surface area contributed by atoms with Crippen molar-refractivity contribution in [1.82, 2.24) is 9.80 Å². The zero-order chi connectivity index (χ0) is 24.7. The Morgan fingerprint density at radius 3 is 2.35 bits per heavy atom. The van der Waals surface area contributed by atoms with Crippen LogP contribution in [0, 0.1) is 6.92 Å². The Balaban J connectivity index is 1.80. The van der Waals surface area contributed by atoms with Crippen LogP contribution in [0.2, 0.25) is 10.0 Å². The topological polar surface area (TPSA) is 53.8 Å². The predicted molar refractivity (Wildman–Crippen MR) is 136 cm³/mol. The Bertz CT molecular complexity index is 1110. The Kier molecular flexibility index (Phi) is 9.20. The van der Waals surface area contributed by atoms with Gasteiger partial charge in [0.15, 0.2) is 0 Å². The van der Waals surface area contributed by atoms with E-state index in [1.54, 1.807) is 28.0 Å². The first-order chi connectivity index (χ1) is 16.3. The van der Waals surface area contributed by atoms with Gasteiger partial charge in [0.25, 0.3) is 5.91 Å². The van der Waals surface area contributed by atoms with Crippen LogP contribution in [-0.2, 0) is 17.8 Å². The van der Waals surface area contributed by atoms with E-state index in [-0.39, 0.29) is 24.4 Å². The number of carbonyl (C=O) groups excluding carboxylic acids is 2. The van der Waals surface area contributed by atoms with Gasteiger partial charge in [-0.1, -0.05) is 60.5 Å². The number of amides is 2. The number of halogens is 2. The fourth-order valence-electron chi connectivity index (χ4n) is 3.65. The summed E-state index contributed by atoms with van der Waals surface area (Å²) in [6, 6.07) is 18.4. The number of carbonyl (C=O) groups is 2. The van der Waals surface area contributed by atoms with Crippen molar-refractivity contribution in [2.45, 2.75) is 46.2 Å². The van der Waals surface area contributed by atoms with Gasteiger partial charge in [0.1, 0.15) is 18.1 Å². The molecule has 34 heavy (non-hydrogen) atoms.